The first-order valence-corrected chi connectivity index (χ1v) is 6.57. The Morgan fingerprint density at radius 3 is 2.73 bits per heavy atom. The second-order valence-electron chi connectivity index (χ2n) is 4.15. The third kappa shape index (κ3) is 8.15. The van der Waals surface area contributed by atoms with Crippen LogP contribution in [0.25, 0.3) is 0 Å². The number of alkyl halides is 2. The number of amides is 1. The molecule has 1 rings (SSSR count). The largest absolute Gasteiger partial charge is 0.435 e. The number of rotatable bonds is 10. The number of carbonyl (C=O) groups is 1. The number of hydrogen-bond donors (Lipinski definition) is 1. The van der Waals surface area contributed by atoms with Crippen LogP contribution < -0.4 is 10.1 Å². The van der Waals surface area contributed by atoms with Crippen LogP contribution in [0.3, 0.4) is 0 Å². The van der Waals surface area contributed by atoms with Crippen molar-refractivity contribution in [3.8, 4) is 5.75 Å². The van der Waals surface area contributed by atoms with Crippen LogP contribution in [0.5, 0.6) is 5.75 Å². The molecule has 6 nitrogen and oxygen atoms in total. The summed E-state index contributed by atoms with van der Waals surface area (Å²) in [6.45, 7) is -1.98. The third-order valence-corrected chi connectivity index (χ3v) is 2.42. The molecule has 0 bridgehead atoms. The normalized spacial score (nSPS) is 10.9. The van der Waals surface area contributed by atoms with E-state index in [1.54, 1.807) is 7.11 Å². The van der Waals surface area contributed by atoms with Crippen LogP contribution in [-0.4, -0.2) is 45.6 Å². The number of halogens is 2. The highest BCUT2D eigenvalue weighted by Crippen LogP contribution is 2.13. The van der Waals surface area contributed by atoms with E-state index in [4.69, 9.17) is 9.57 Å². The van der Waals surface area contributed by atoms with Crippen molar-refractivity contribution < 1.29 is 27.9 Å². The molecule has 0 spiro atoms. The molecule has 22 heavy (non-hydrogen) atoms. The van der Waals surface area contributed by atoms with E-state index in [-0.39, 0.29) is 18.3 Å². The second-order valence-corrected chi connectivity index (χ2v) is 4.15. The number of carbonyl (C=O) groups excluding carboxylic acids is 1. The molecule has 122 valence electrons. The van der Waals surface area contributed by atoms with Crippen LogP contribution in [0.15, 0.2) is 29.4 Å². The van der Waals surface area contributed by atoms with Gasteiger partial charge < -0.3 is 19.6 Å². The van der Waals surface area contributed by atoms with Crippen LogP contribution in [0.1, 0.15) is 12.0 Å². The maximum atomic E-state index is 12.0. The highest BCUT2D eigenvalue weighted by molar-refractivity contribution is 5.80. The molecule has 1 aromatic carbocycles. The maximum Gasteiger partial charge on any atom is 0.387 e. The average Bonchev–Trinajstić information content (AvgIpc) is 2.49. The van der Waals surface area contributed by atoms with Gasteiger partial charge in [0.25, 0.3) is 5.91 Å². The fourth-order valence-corrected chi connectivity index (χ4v) is 1.42. The Morgan fingerprint density at radius 2 is 2.09 bits per heavy atom. The van der Waals surface area contributed by atoms with Gasteiger partial charge in [0.15, 0.2) is 6.61 Å². The second kappa shape index (κ2) is 10.5. The van der Waals surface area contributed by atoms with Crippen molar-refractivity contribution in [1.29, 1.82) is 0 Å². The summed E-state index contributed by atoms with van der Waals surface area (Å²) in [5.41, 5.74) is 0.627. The number of nitrogens with zero attached hydrogens (tertiary/aromatic N) is 1. The van der Waals surface area contributed by atoms with Gasteiger partial charge in [0.2, 0.25) is 0 Å². The van der Waals surface area contributed by atoms with Gasteiger partial charge in [-0.25, -0.2) is 0 Å². The highest BCUT2D eigenvalue weighted by atomic mass is 19.3. The van der Waals surface area contributed by atoms with Crippen molar-refractivity contribution in [2.24, 2.45) is 5.16 Å². The lowest BCUT2D eigenvalue weighted by atomic mass is 10.2. The molecule has 0 aromatic heterocycles. The molecule has 0 aliphatic carbocycles. The molecule has 1 aromatic rings. The van der Waals surface area contributed by atoms with Crippen molar-refractivity contribution in [2.45, 2.75) is 13.0 Å². The fourth-order valence-electron chi connectivity index (χ4n) is 1.42. The van der Waals surface area contributed by atoms with Gasteiger partial charge in [-0.1, -0.05) is 5.16 Å². The summed E-state index contributed by atoms with van der Waals surface area (Å²) >= 11 is 0. The van der Waals surface area contributed by atoms with E-state index >= 15 is 0 Å². The van der Waals surface area contributed by atoms with Crippen LogP contribution in [0.2, 0.25) is 0 Å². The summed E-state index contributed by atoms with van der Waals surface area (Å²) in [6.07, 6.45) is 2.09. The molecule has 0 saturated carbocycles. The van der Waals surface area contributed by atoms with Crippen LogP contribution >= 0.6 is 0 Å². The topological polar surface area (TPSA) is 69.2 Å². The zero-order valence-electron chi connectivity index (χ0n) is 12.1. The molecular weight excluding hydrogens is 298 g/mol. The Kier molecular flexibility index (Phi) is 8.51. The van der Waals surface area contributed by atoms with Gasteiger partial charge in [-0.15, -0.1) is 0 Å². The highest BCUT2D eigenvalue weighted by Gasteiger charge is 2.03. The smallest absolute Gasteiger partial charge is 0.387 e. The van der Waals surface area contributed by atoms with Gasteiger partial charge >= 0.3 is 6.61 Å². The number of benzene rings is 1. The van der Waals surface area contributed by atoms with Gasteiger partial charge in [0.05, 0.1) is 6.21 Å². The molecule has 0 atom stereocenters. The molecule has 1 N–H and O–H groups in total. The summed E-state index contributed by atoms with van der Waals surface area (Å²) in [5.74, 6) is -0.225. The number of ether oxygens (including phenoxy) is 2. The molecule has 0 unspecified atom stereocenters. The zero-order valence-corrected chi connectivity index (χ0v) is 12.1. The monoisotopic (exact) mass is 316 g/mol. The number of nitrogens with one attached hydrogen (secondary N) is 1. The van der Waals surface area contributed by atoms with Gasteiger partial charge in [-0.2, -0.15) is 8.78 Å². The lowest BCUT2D eigenvalue weighted by Crippen LogP contribution is -2.28. The van der Waals surface area contributed by atoms with Crippen LogP contribution in [0, 0.1) is 0 Å². The van der Waals surface area contributed by atoms with E-state index in [0.717, 1.165) is 6.42 Å². The zero-order chi connectivity index (χ0) is 16.2. The first-order valence-electron chi connectivity index (χ1n) is 6.57. The lowest BCUT2D eigenvalue weighted by Gasteiger charge is -2.04. The van der Waals surface area contributed by atoms with Gasteiger partial charge in [0.1, 0.15) is 5.75 Å². The van der Waals surface area contributed by atoms with Crippen molar-refractivity contribution in [1.82, 2.24) is 5.32 Å². The molecule has 0 aliphatic heterocycles. The summed E-state index contributed by atoms with van der Waals surface area (Å²) in [7, 11) is 1.59. The third-order valence-electron chi connectivity index (χ3n) is 2.42. The van der Waals surface area contributed by atoms with Crippen LogP contribution in [0.4, 0.5) is 8.78 Å². The van der Waals surface area contributed by atoms with Crippen molar-refractivity contribution in [2.75, 3.05) is 26.9 Å². The maximum absolute atomic E-state index is 12.0. The summed E-state index contributed by atoms with van der Waals surface area (Å²) in [5, 5.41) is 6.25. The molecule has 8 heteroatoms. The predicted octanol–water partition coefficient (Wildman–Crippen LogP) is 1.79. The average molecular weight is 316 g/mol. The Hall–Kier alpha value is -2.22. The Labute approximate surface area is 127 Å². The number of methoxy groups -OCH3 is 1. The summed E-state index contributed by atoms with van der Waals surface area (Å²) < 4.78 is 33.0. The molecule has 0 heterocycles. The Morgan fingerprint density at radius 1 is 1.36 bits per heavy atom. The van der Waals surface area contributed by atoms with Gasteiger partial charge in [-0.3, -0.25) is 4.79 Å². The fraction of sp³-hybridized carbons (Fsp3) is 0.429. The molecule has 1 amide bonds. The SMILES string of the molecule is COCCCNC(=O)CO/N=C/c1ccc(OC(F)F)cc1. The number of hydrogen-bond acceptors (Lipinski definition) is 5. The summed E-state index contributed by atoms with van der Waals surface area (Å²) in [6, 6.07) is 5.84. The van der Waals surface area contributed by atoms with Crippen molar-refractivity contribution in [3.05, 3.63) is 29.8 Å². The minimum Gasteiger partial charge on any atom is -0.435 e. The first kappa shape index (κ1) is 17.8. The first-order chi connectivity index (χ1) is 10.6. The molecule has 0 radical (unpaired) electrons. The van der Waals surface area contributed by atoms with E-state index in [1.165, 1.54) is 30.5 Å². The number of oxime groups is 1. The predicted molar refractivity (Wildman–Crippen MR) is 76.1 cm³/mol. The molecule has 0 aliphatic rings. The van der Waals surface area contributed by atoms with E-state index in [0.29, 0.717) is 18.7 Å². The van der Waals surface area contributed by atoms with E-state index in [1.807, 2.05) is 0 Å². The van der Waals surface area contributed by atoms with Gasteiger partial charge in [-0.05, 0) is 36.2 Å². The van der Waals surface area contributed by atoms with Crippen LogP contribution in [-0.2, 0) is 14.4 Å². The lowest BCUT2D eigenvalue weighted by molar-refractivity contribution is -0.125. The van der Waals surface area contributed by atoms with Gasteiger partial charge in [0, 0.05) is 20.3 Å². The summed E-state index contributed by atoms with van der Waals surface area (Å²) in [4.78, 5) is 16.2. The van der Waals surface area contributed by atoms with E-state index < -0.39 is 6.61 Å². The molecular formula is C14H18F2N2O4. The van der Waals surface area contributed by atoms with Crippen molar-refractivity contribution >= 4 is 12.1 Å². The van der Waals surface area contributed by atoms with E-state index in [2.05, 4.69) is 15.2 Å². The van der Waals surface area contributed by atoms with E-state index in [9.17, 15) is 13.6 Å². The minimum absolute atomic E-state index is 0.0588. The standard InChI is InChI=1S/C14H18F2N2O4/c1-20-8-2-7-17-13(19)10-21-18-9-11-3-5-12(6-4-11)22-14(15)16/h3-6,9,14H,2,7-8,10H2,1H3,(H,17,19)/b18-9+. The quantitative estimate of drug-likeness (QED) is 0.406. The molecule has 0 fully saturated rings. The molecule has 0 saturated heterocycles. The van der Waals surface area contributed by atoms with Crippen molar-refractivity contribution in [3.63, 3.8) is 0 Å². The Balaban J connectivity index is 2.23. The Bertz CT molecular complexity index is 466. The minimum atomic E-state index is -2.86.